The van der Waals surface area contributed by atoms with E-state index in [1.807, 2.05) is 31.2 Å². The first-order chi connectivity index (χ1) is 10.1. The van der Waals surface area contributed by atoms with Crippen LogP contribution < -0.4 is 10.2 Å². The molecule has 1 aromatic carbocycles. The minimum Gasteiger partial charge on any atom is -0.354 e. The van der Waals surface area contributed by atoms with Gasteiger partial charge >= 0.3 is 0 Å². The van der Waals surface area contributed by atoms with Crippen LogP contribution in [0.2, 0.25) is 5.02 Å². The number of aromatic nitrogens is 2. The molecule has 0 aliphatic carbocycles. The monoisotopic (exact) mass is 302 g/mol. The molecule has 0 bridgehead atoms. The van der Waals surface area contributed by atoms with Gasteiger partial charge in [-0.3, -0.25) is 0 Å². The number of anilines is 1. The van der Waals surface area contributed by atoms with Crippen LogP contribution in [0.5, 0.6) is 0 Å². The zero-order chi connectivity index (χ0) is 14.8. The molecule has 1 saturated heterocycles. The largest absolute Gasteiger partial charge is 0.354 e. The second kappa shape index (κ2) is 6.00. The summed E-state index contributed by atoms with van der Waals surface area (Å²) in [5, 5.41) is 4.08. The van der Waals surface area contributed by atoms with Crippen LogP contribution in [0.15, 0.2) is 24.3 Å². The Morgan fingerprint density at radius 1 is 1.14 bits per heavy atom. The van der Waals surface area contributed by atoms with Crippen molar-refractivity contribution in [2.45, 2.75) is 13.8 Å². The van der Waals surface area contributed by atoms with E-state index in [0.29, 0.717) is 5.02 Å². The third-order valence-corrected chi connectivity index (χ3v) is 4.10. The zero-order valence-corrected chi connectivity index (χ0v) is 13.1. The third-order valence-electron chi connectivity index (χ3n) is 3.86. The summed E-state index contributed by atoms with van der Waals surface area (Å²) in [5.41, 5.74) is 3.14. The van der Waals surface area contributed by atoms with E-state index in [0.717, 1.165) is 54.6 Å². The van der Waals surface area contributed by atoms with Crippen LogP contribution >= 0.6 is 11.6 Å². The lowest BCUT2D eigenvalue weighted by Gasteiger charge is -2.30. The van der Waals surface area contributed by atoms with Gasteiger partial charge in [-0.2, -0.15) is 0 Å². The molecular weight excluding hydrogens is 284 g/mol. The van der Waals surface area contributed by atoms with Crippen LogP contribution in [0.4, 0.5) is 5.82 Å². The van der Waals surface area contributed by atoms with Crippen molar-refractivity contribution in [3.05, 3.63) is 40.5 Å². The number of nitrogens with one attached hydrogen (secondary N) is 1. The van der Waals surface area contributed by atoms with Crippen molar-refractivity contribution in [1.29, 1.82) is 0 Å². The first-order valence-corrected chi connectivity index (χ1v) is 7.60. The second-order valence-corrected chi connectivity index (χ2v) is 5.77. The van der Waals surface area contributed by atoms with E-state index in [1.165, 1.54) is 0 Å². The molecule has 3 rings (SSSR count). The van der Waals surface area contributed by atoms with Gasteiger partial charge in [0.25, 0.3) is 0 Å². The molecule has 4 nitrogen and oxygen atoms in total. The number of piperazine rings is 1. The molecule has 2 aromatic rings. The number of aryl methyl sites for hydroxylation is 1. The van der Waals surface area contributed by atoms with Gasteiger partial charge in [0.1, 0.15) is 5.82 Å². The van der Waals surface area contributed by atoms with Crippen LogP contribution in [-0.2, 0) is 0 Å². The predicted octanol–water partition coefficient (Wildman–Crippen LogP) is 2.82. The van der Waals surface area contributed by atoms with Gasteiger partial charge in [-0.15, -0.1) is 0 Å². The Hall–Kier alpha value is -1.65. The van der Waals surface area contributed by atoms with Crippen molar-refractivity contribution < 1.29 is 0 Å². The van der Waals surface area contributed by atoms with Crippen molar-refractivity contribution >= 4 is 17.4 Å². The highest BCUT2D eigenvalue weighted by atomic mass is 35.5. The standard InChI is InChI=1S/C16H19ClN4/c1-11-12(2)19-15(13-4-3-5-14(17)10-13)20-16(11)21-8-6-18-7-9-21/h3-5,10,18H,6-9H2,1-2H3. The van der Waals surface area contributed by atoms with Crippen molar-refractivity contribution in [3.63, 3.8) is 0 Å². The fourth-order valence-corrected chi connectivity index (χ4v) is 2.75. The Labute approximate surface area is 130 Å². The Morgan fingerprint density at radius 3 is 2.62 bits per heavy atom. The maximum atomic E-state index is 6.08. The molecule has 0 saturated carbocycles. The number of nitrogens with zero attached hydrogens (tertiary/aromatic N) is 3. The maximum Gasteiger partial charge on any atom is 0.161 e. The summed E-state index contributed by atoms with van der Waals surface area (Å²) in [5.74, 6) is 1.79. The number of benzene rings is 1. The van der Waals surface area contributed by atoms with E-state index >= 15 is 0 Å². The van der Waals surface area contributed by atoms with E-state index in [4.69, 9.17) is 16.6 Å². The number of hydrogen-bond acceptors (Lipinski definition) is 4. The summed E-state index contributed by atoms with van der Waals surface area (Å²) in [6.07, 6.45) is 0. The van der Waals surface area contributed by atoms with Gasteiger partial charge in [-0.25, -0.2) is 9.97 Å². The fraction of sp³-hybridized carbons (Fsp3) is 0.375. The third kappa shape index (κ3) is 3.01. The molecule has 1 aliphatic heterocycles. The highest BCUT2D eigenvalue weighted by Crippen LogP contribution is 2.26. The summed E-state index contributed by atoms with van der Waals surface area (Å²) in [7, 11) is 0. The van der Waals surface area contributed by atoms with E-state index in [-0.39, 0.29) is 0 Å². The van der Waals surface area contributed by atoms with Gasteiger partial charge in [0.05, 0.1) is 0 Å². The minimum atomic E-state index is 0.707. The van der Waals surface area contributed by atoms with Crippen LogP contribution in [0, 0.1) is 13.8 Å². The van der Waals surface area contributed by atoms with Gasteiger partial charge in [-0.05, 0) is 26.0 Å². The molecule has 21 heavy (non-hydrogen) atoms. The molecule has 0 amide bonds. The summed E-state index contributed by atoms with van der Waals surface area (Å²) < 4.78 is 0. The van der Waals surface area contributed by atoms with Gasteiger partial charge < -0.3 is 10.2 Å². The first kappa shape index (κ1) is 14.3. The maximum absolute atomic E-state index is 6.08. The van der Waals surface area contributed by atoms with Crippen molar-refractivity contribution in [3.8, 4) is 11.4 Å². The SMILES string of the molecule is Cc1nc(-c2cccc(Cl)c2)nc(N2CCNCC2)c1C. The smallest absolute Gasteiger partial charge is 0.161 e. The molecular formula is C16H19ClN4. The first-order valence-electron chi connectivity index (χ1n) is 7.22. The molecule has 1 aliphatic rings. The molecule has 110 valence electrons. The van der Waals surface area contributed by atoms with Crippen molar-refractivity contribution in [1.82, 2.24) is 15.3 Å². The number of hydrogen-bond donors (Lipinski definition) is 1. The highest BCUT2D eigenvalue weighted by Gasteiger charge is 2.17. The lowest BCUT2D eigenvalue weighted by molar-refractivity contribution is 0.583. The number of rotatable bonds is 2. The lowest BCUT2D eigenvalue weighted by Crippen LogP contribution is -2.44. The fourth-order valence-electron chi connectivity index (χ4n) is 2.55. The molecule has 0 spiro atoms. The van der Waals surface area contributed by atoms with Gasteiger partial charge in [0, 0.05) is 48.0 Å². The molecule has 1 N–H and O–H groups in total. The summed E-state index contributed by atoms with van der Waals surface area (Å²) in [6, 6.07) is 7.70. The van der Waals surface area contributed by atoms with E-state index in [1.54, 1.807) is 0 Å². The van der Waals surface area contributed by atoms with Crippen LogP contribution in [-0.4, -0.2) is 36.1 Å². The molecule has 2 heterocycles. The lowest BCUT2D eigenvalue weighted by atomic mass is 10.1. The van der Waals surface area contributed by atoms with E-state index in [9.17, 15) is 0 Å². The summed E-state index contributed by atoms with van der Waals surface area (Å²) >= 11 is 6.08. The van der Waals surface area contributed by atoms with Crippen LogP contribution in [0.3, 0.4) is 0 Å². The average molecular weight is 303 g/mol. The minimum absolute atomic E-state index is 0.707. The molecule has 0 atom stereocenters. The van der Waals surface area contributed by atoms with Crippen molar-refractivity contribution in [2.24, 2.45) is 0 Å². The topological polar surface area (TPSA) is 41.1 Å². The van der Waals surface area contributed by atoms with Crippen LogP contribution in [0.25, 0.3) is 11.4 Å². The molecule has 1 fully saturated rings. The Kier molecular flexibility index (Phi) is 4.08. The average Bonchev–Trinajstić information content (AvgIpc) is 2.51. The molecule has 0 radical (unpaired) electrons. The highest BCUT2D eigenvalue weighted by molar-refractivity contribution is 6.30. The second-order valence-electron chi connectivity index (χ2n) is 5.33. The van der Waals surface area contributed by atoms with Gasteiger partial charge in [0.15, 0.2) is 5.82 Å². The predicted molar refractivity (Wildman–Crippen MR) is 87.0 cm³/mol. The number of halogens is 1. The Bertz CT molecular complexity index is 651. The van der Waals surface area contributed by atoms with Gasteiger partial charge in [-0.1, -0.05) is 23.7 Å². The van der Waals surface area contributed by atoms with E-state index < -0.39 is 0 Å². The van der Waals surface area contributed by atoms with E-state index in [2.05, 4.69) is 22.1 Å². The van der Waals surface area contributed by atoms with Crippen molar-refractivity contribution in [2.75, 3.05) is 31.1 Å². The Balaban J connectivity index is 2.04. The summed E-state index contributed by atoms with van der Waals surface area (Å²) in [6.45, 7) is 8.08. The zero-order valence-electron chi connectivity index (χ0n) is 12.4. The quantitative estimate of drug-likeness (QED) is 0.926. The van der Waals surface area contributed by atoms with Gasteiger partial charge in [0.2, 0.25) is 0 Å². The normalized spacial score (nSPS) is 15.3. The van der Waals surface area contributed by atoms with Crippen LogP contribution in [0.1, 0.15) is 11.3 Å². The molecule has 1 aromatic heterocycles. The molecule has 5 heteroatoms. The summed E-state index contributed by atoms with van der Waals surface area (Å²) in [4.78, 5) is 11.8. The Morgan fingerprint density at radius 2 is 1.90 bits per heavy atom. The molecule has 0 unspecified atom stereocenters.